The van der Waals surface area contributed by atoms with Gasteiger partial charge in [0, 0.05) is 6.07 Å². The minimum atomic E-state index is -4.13. The third kappa shape index (κ3) is 3.22. The Kier molecular flexibility index (Phi) is 4.58. The van der Waals surface area contributed by atoms with Gasteiger partial charge in [-0.05, 0) is 29.3 Å². The van der Waals surface area contributed by atoms with Gasteiger partial charge < -0.3 is 5.73 Å². The largest absolute Gasteiger partial charge is 0.380 e. The molecule has 0 radical (unpaired) electrons. The molecule has 0 saturated carbocycles. The standard InChI is InChI=1S/C17H14F2N2O5S/c18-11-7-10(8-12(19)9-11)13-3-1-2-4-14(13)16(23)21(24)5-6-27(25,26)17(21)15(20)22/h1-4,7-9,17,24H,5-6H2,(H-,20,22)/p+1/t17?,21-/m0/s1. The maximum absolute atomic E-state index is 13.6. The molecule has 0 bridgehead atoms. The first kappa shape index (κ1) is 19.1. The van der Waals surface area contributed by atoms with Gasteiger partial charge in [-0.1, -0.05) is 22.8 Å². The molecule has 3 rings (SSSR count). The van der Waals surface area contributed by atoms with Crippen LogP contribution in [0.15, 0.2) is 42.5 Å². The van der Waals surface area contributed by atoms with E-state index < -0.39 is 55.6 Å². The van der Waals surface area contributed by atoms with E-state index in [2.05, 4.69) is 0 Å². The van der Waals surface area contributed by atoms with Crippen molar-refractivity contribution < 1.29 is 36.6 Å². The SMILES string of the molecule is NC(=O)C1[N@@+](O)(C(=O)c2ccccc2-c2cc(F)cc(F)c2)CCS1(=O)=O. The van der Waals surface area contributed by atoms with Crippen LogP contribution in [0.25, 0.3) is 11.1 Å². The van der Waals surface area contributed by atoms with Gasteiger partial charge in [0.1, 0.15) is 23.9 Å². The van der Waals surface area contributed by atoms with Crippen LogP contribution in [0.4, 0.5) is 8.78 Å². The van der Waals surface area contributed by atoms with Crippen molar-refractivity contribution in [1.82, 2.24) is 0 Å². The Labute approximate surface area is 153 Å². The van der Waals surface area contributed by atoms with Gasteiger partial charge in [-0.15, -0.1) is 0 Å². The van der Waals surface area contributed by atoms with E-state index in [4.69, 9.17) is 5.73 Å². The minimum Gasteiger partial charge on any atom is -0.363 e. The van der Waals surface area contributed by atoms with Crippen LogP contribution in [-0.2, 0) is 14.6 Å². The van der Waals surface area contributed by atoms with Crippen molar-refractivity contribution in [3.63, 3.8) is 0 Å². The van der Waals surface area contributed by atoms with Crippen molar-refractivity contribution >= 4 is 21.7 Å². The average Bonchev–Trinajstić information content (AvgIpc) is 2.84. The lowest BCUT2D eigenvalue weighted by atomic mass is 9.98. The minimum absolute atomic E-state index is 0.0146. The molecule has 3 N–H and O–H groups in total. The highest BCUT2D eigenvalue weighted by Gasteiger charge is 2.61. The van der Waals surface area contributed by atoms with Crippen LogP contribution in [0.3, 0.4) is 0 Å². The van der Waals surface area contributed by atoms with Crippen molar-refractivity contribution in [2.45, 2.75) is 5.37 Å². The van der Waals surface area contributed by atoms with Crippen LogP contribution in [0.2, 0.25) is 0 Å². The molecule has 2 atom stereocenters. The first-order valence-corrected chi connectivity index (χ1v) is 9.49. The fourth-order valence-corrected chi connectivity index (χ4v) is 5.04. The number of carbonyl (C=O) groups excluding carboxylic acids is 2. The Morgan fingerprint density at radius 3 is 2.30 bits per heavy atom. The molecule has 1 heterocycles. The van der Waals surface area contributed by atoms with Gasteiger partial charge in [0.15, 0.2) is 0 Å². The van der Waals surface area contributed by atoms with Crippen molar-refractivity contribution in [2.75, 3.05) is 12.3 Å². The Bertz CT molecular complexity index is 1040. The second-order valence-electron chi connectivity index (χ2n) is 6.18. The normalized spacial score (nSPS) is 23.9. The molecule has 0 aromatic heterocycles. The van der Waals surface area contributed by atoms with Crippen molar-refractivity contribution in [1.29, 1.82) is 0 Å². The summed E-state index contributed by atoms with van der Waals surface area (Å²) >= 11 is 0. The molecule has 1 saturated heterocycles. The topological polar surface area (TPSA) is 115 Å². The molecule has 27 heavy (non-hydrogen) atoms. The predicted molar refractivity (Wildman–Crippen MR) is 89.8 cm³/mol. The van der Waals surface area contributed by atoms with Crippen LogP contribution in [0.5, 0.6) is 0 Å². The summed E-state index contributed by atoms with van der Waals surface area (Å²) in [7, 11) is -4.13. The summed E-state index contributed by atoms with van der Waals surface area (Å²) in [5.74, 6) is -4.84. The number of hydrogen-bond donors (Lipinski definition) is 2. The summed E-state index contributed by atoms with van der Waals surface area (Å²) < 4.78 is 49.5. The fraction of sp³-hybridized carbons (Fsp3) is 0.176. The quantitative estimate of drug-likeness (QED) is 0.597. The number of quaternary nitrogens is 1. The van der Waals surface area contributed by atoms with E-state index in [-0.39, 0.29) is 16.7 Å². The number of hydroxylamine groups is 3. The van der Waals surface area contributed by atoms with Crippen molar-refractivity contribution in [3.8, 4) is 11.1 Å². The summed E-state index contributed by atoms with van der Waals surface area (Å²) in [6.07, 6.45) is 0. The van der Waals surface area contributed by atoms with E-state index in [1.165, 1.54) is 24.3 Å². The number of nitrogens with two attached hydrogens (primary N) is 1. The van der Waals surface area contributed by atoms with Gasteiger partial charge in [0.05, 0.1) is 5.56 Å². The van der Waals surface area contributed by atoms with Gasteiger partial charge >= 0.3 is 11.3 Å². The highest BCUT2D eigenvalue weighted by atomic mass is 32.2. The van der Waals surface area contributed by atoms with Gasteiger partial charge in [-0.25, -0.2) is 27.2 Å². The lowest BCUT2D eigenvalue weighted by Gasteiger charge is -2.26. The molecule has 0 spiro atoms. The highest BCUT2D eigenvalue weighted by Crippen LogP contribution is 2.32. The Balaban J connectivity index is 2.15. The number of benzene rings is 2. The maximum Gasteiger partial charge on any atom is 0.380 e. The molecule has 1 unspecified atom stereocenters. The molecule has 1 aliphatic heterocycles. The second kappa shape index (κ2) is 6.48. The first-order chi connectivity index (χ1) is 12.6. The van der Waals surface area contributed by atoms with Crippen molar-refractivity contribution in [3.05, 3.63) is 59.7 Å². The van der Waals surface area contributed by atoms with E-state index in [0.717, 1.165) is 12.1 Å². The molecule has 1 aliphatic rings. The molecule has 7 nitrogen and oxygen atoms in total. The number of carbonyl (C=O) groups is 2. The number of rotatable bonds is 3. The van der Waals surface area contributed by atoms with Gasteiger partial charge in [-0.3, -0.25) is 4.79 Å². The maximum atomic E-state index is 13.6. The van der Waals surface area contributed by atoms with Crippen molar-refractivity contribution in [2.24, 2.45) is 5.73 Å². The molecule has 0 aliphatic carbocycles. The van der Waals surface area contributed by atoms with E-state index >= 15 is 0 Å². The van der Waals surface area contributed by atoms with E-state index in [0.29, 0.717) is 6.07 Å². The average molecular weight is 397 g/mol. The monoisotopic (exact) mass is 397 g/mol. The van der Waals surface area contributed by atoms with Crippen LogP contribution in [0, 0.1) is 11.6 Å². The number of halogens is 2. The zero-order valence-electron chi connectivity index (χ0n) is 13.8. The van der Waals surface area contributed by atoms with Crippen LogP contribution in [0.1, 0.15) is 10.4 Å². The Morgan fingerprint density at radius 2 is 1.70 bits per heavy atom. The van der Waals surface area contributed by atoms with Crippen LogP contribution in [-0.4, -0.2) is 47.8 Å². The lowest BCUT2D eigenvalue weighted by Crippen LogP contribution is -2.59. The second-order valence-corrected chi connectivity index (χ2v) is 8.36. The number of amides is 2. The fourth-order valence-electron chi connectivity index (χ4n) is 3.20. The summed E-state index contributed by atoms with van der Waals surface area (Å²) in [4.78, 5) is 24.6. The predicted octanol–water partition coefficient (Wildman–Crippen LogP) is 1.22. The molecule has 10 heteroatoms. The summed E-state index contributed by atoms with van der Waals surface area (Å²) in [6.45, 7) is -0.569. The zero-order valence-corrected chi connectivity index (χ0v) is 14.6. The summed E-state index contributed by atoms with van der Waals surface area (Å²) in [5, 5.41) is 8.57. The van der Waals surface area contributed by atoms with E-state index in [1.807, 2.05) is 0 Å². The van der Waals surface area contributed by atoms with Crippen LogP contribution >= 0.6 is 0 Å². The van der Waals surface area contributed by atoms with Gasteiger partial charge in [0.2, 0.25) is 9.84 Å². The summed E-state index contributed by atoms with van der Waals surface area (Å²) in [5.41, 5.74) is 4.99. The molecule has 1 fully saturated rings. The number of sulfone groups is 1. The third-order valence-corrected chi connectivity index (χ3v) is 6.38. The van der Waals surface area contributed by atoms with E-state index in [1.54, 1.807) is 0 Å². The Hall–Kier alpha value is -2.69. The molecule has 2 amide bonds. The zero-order chi connectivity index (χ0) is 20.0. The Morgan fingerprint density at radius 1 is 1.11 bits per heavy atom. The molecular weight excluding hydrogens is 382 g/mol. The molecular formula is C17H15F2N2O5S+. The summed E-state index contributed by atoms with van der Waals surface area (Å²) in [6, 6.07) is 8.22. The molecule has 142 valence electrons. The number of nitrogens with zero attached hydrogens (tertiary/aromatic N) is 1. The molecule has 2 aromatic carbocycles. The van der Waals surface area contributed by atoms with Gasteiger partial charge in [0.25, 0.3) is 5.91 Å². The number of primary amides is 1. The number of hydrogen-bond acceptors (Lipinski definition) is 5. The smallest absolute Gasteiger partial charge is 0.363 e. The lowest BCUT2D eigenvalue weighted by molar-refractivity contribution is -1.03. The van der Waals surface area contributed by atoms with Crippen LogP contribution < -0.4 is 5.73 Å². The third-order valence-electron chi connectivity index (χ3n) is 4.37. The first-order valence-electron chi connectivity index (χ1n) is 7.78. The molecule has 2 aromatic rings. The highest BCUT2D eigenvalue weighted by molar-refractivity contribution is 7.92. The van der Waals surface area contributed by atoms with E-state index in [9.17, 15) is 32.0 Å². The van der Waals surface area contributed by atoms with Gasteiger partial charge in [-0.2, -0.15) is 0 Å².